The second-order valence-corrected chi connectivity index (χ2v) is 9.46. The minimum Gasteiger partial charge on any atom is -0.393 e. The number of hydrogen-bond acceptors (Lipinski definition) is 2. The molecule has 0 radical (unpaired) electrons. The minimum atomic E-state index is -0.0733. The Morgan fingerprint density at radius 2 is 1.59 bits per heavy atom. The molecule has 0 aliphatic heterocycles. The summed E-state index contributed by atoms with van der Waals surface area (Å²) in [4.78, 5) is 12.2. The number of aliphatic hydroxyl groups excluding tert-OH is 1. The van der Waals surface area contributed by atoms with Gasteiger partial charge in [-0.2, -0.15) is 0 Å². The van der Waals surface area contributed by atoms with Gasteiger partial charge >= 0.3 is 0 Å². The van der Waals surface area contributed by atoms with E-state index in [1.807, 2.05) is 0 Å². The normalized spacial score (nSPS) is 57.9. The Morgan fingerprint density at radius 3 is 2.36 bits per heavy atom. The van der Waals surface area contributed by atoms with E-state index in [1.54, 1.807) is 0 Å². The first kappa shape index (κ1) is 15.2. The van der Waals surface area contributed by atoms with E-state index in [9.17, 15) is 9.90 Å². The molecule has 0 aromatic rings. The molecule has 0 saturated heterocycles. The third kappa shape index (κ3) is 1.79. The summed E-state index contributed by atoms with van der Waals surface area (Å²) in [5.41, 5.74) is 0.561. The minimum absolute atomic E-state index is 0.0733. The molecule has 0 bridgehead atoms. The Labute approximate surface area is 135 Å². The molecular formula is C20H32O2. The first-order valence-electron chi connectivity index (χ1n) is 9.58. The number of Topliss-reactive ketones (excluding diaryl/α,β-unsaturated/α-hetero) is 1. The molecule has 0 amide bonds. The van der Waals surface area contributed by atoms with Gasteiger partial charge in [0, 0.05) is 12.3 Å². The van der Waals surface area contributed by atoms with Crippen LogP contribution in [0.1, 0.15) is 72.1 Å². The molecule has 0 aromatic heterocycles. The van der Waals surface area contributed by atoms with Crippen molar-refractivity contribution in [1.29, 1.82) is 0 Å². The molecule has 2 heteroatoms. The standard InChI is InChI=1S/C20H32O2/c1-12-14-5-4-13-15-6-7-18(22)20(15,3)10-8-16(13)19(14,2)11-9-17(12)21/h12-16,18,22H,4-11H2,1-3H3/t12?,13-,14-,15-,16-,18-,19-,20-/m0/s1. The van der Waals surface area contributed by atoms with Crippen LogP contribution in [0.15, 0.2) is 0 Å². The van der Waals surface area contributed by atoms with Crippen LogP contribution in [0.5, 0.6) is 0 Å². The fraction of sp³-hybridized carbons (Fsp3) is 0.950. The third-order valence-electron chi connectivity index (χ3n) is 8.91. The van der Waals surface area contributed by atoms with E-state index < -0.39 is 0 Å². The fourth-order valence-corrected chi connectivity index (χ4v) is 7.49. The summed E-state index contributed by atoms with van der Waals surface area (Å²) < 4.78 is 0. The van der Waals surface area contributed by atoms with E-state index in [2.05, 4.69) is 20.8 Å². The predicted octanol–water partition coefficient (Wildman–Crippen LogP) is 4.21. The van der Waals surface area contributed by atoms with Gasteiger partial charge in [-0.1, -0.05) is 20.8 Å². The van der Waals surface area contributed by atoms with Gasteiger partial charge in [-0.05, 0) is 79.4 Å². The summed E-state index contributed by atoms with van der Waals surface area (Å²) in [6.07, 6.45) is 9.12. The summed E-state index contributed by atoms with van der Waals surface area (Å²) >= 11 is 0. The number of hydrogen-bond donors (Lipinski definition) is 1. The number of aliphatic hydroxyl groups is 1. The Balaban J connectivity index is 1.65. The zero-order valence-electron chi connectivity index (χ0n) is 14.5. The van der Waals surface area contributed by atoms with E-state index >= 15 is 0 Å². The topological polar surface area (TPSA) is 37.3 Å². The van der Waals surface area contributed by atoms with Crippen LogP contribution >= 0.6 is 0 Å². The van der Waals surface area contributed by atoms with Crippen LogP contribution in [-0.4, -0.2) is 17.0 Å². The van der Waals surface area contributed by atoms with E-state index in [0.717, 1.165) is 37.0 Å². The quantitative estimate of drug-likeness (QED) is 0.728. The van der Waals surface area contributed by atoms with E-state index in [1.165, 1.54) is 32.1 Å². The second-order valence-electron chi connectivity index (χ2n) is 9.46. The highest BCUT2D eigenvalue weighted by Crippen LogP contribution is 2.66. The number of fused-ring (bicyclic) bond motifs is 5. The van der Waals surface area contributed by atoms with Crippen LogP contribution in [0, 0.1) is 40.4 Å². The third-order valence-corrected chi connectivity index (χ3v) is 8.91. The monoisotopic (exact) mass is 304 g/mol. The molecule has 0 heterocycles. The summed E-state index contributed by atoms with van der Waals surface area (Å²) in [5.74, 6) is 3.74. The Hall–Kier alpha value is -0.370. The van der Waals surface area contributed by atoms with Crippen LogP contribution in [0.3, 0.4) is 0 Å². The first-order chi connectivity index (χ1) is 10.4. The van der Waals surface area contributed by atoms with Crippen LogP contribution < -0.4 is 0 Å². The average Bonchev–Trinajstić information content (AvgIpc) is 2.79. The van der Waals surface area contributed by atoms with Crippen molar-refractivity contribution in [3.05, 3.63) is 0 Å². The Bertz CT molecular complexity index is 486. The van der Waals surface area contributed by atoms with Gasteiger partial charge in [-0.25, -0.2) is 0 Å². The van der Waals surface area contributed by atoms with Gasteiger partial charge in [0.25, 0.3) is 0 Å². The Kier molecular flexibility index (Phi) is 3.32. The maximum Gasteiger partial charge on any atom is 0.136 e. The molecule has 124 valence electrons. The summed E-state index contributed by atoms with van der Waals surface area (Å²) in [6, 6.07) is 0. The maximum atomic E-state index is 12.2. The van der Waals surface area contributed by atoms with Gasteiger partial charge in [0.2, 0.25) is 0 Å². The molecule has 2 nitrogen and oxygen atoms in total. The highest BCUT2D eigenvalue weighted by molar-refractivity contribution is 5.82. The molecule has 4 fully saturated rings. The molecule has 4 aliphatic carbocycles. The summed E-state index contributed by atoms with van der Waals surface area (Å²) in [7, 11) is 0. The van der Waals surface area contributed by atoms with Crippen LogP contribution in [0.25, 0.3) is 0 Å². The molecule has 4 saturated carbocycles. The SMILES string of the molecule is CC1C(=O)CC[C@@]2(C)[C@H]1CC[C@@H]1[C@@H]2CC[C@]2(C)[C@@H](O)CC[C@@H]12. The number of carbonyl (C=O) groups is 1. The fourth-order valence-electron chi connectivity index (χ4n) is 7.49. The number of carbonyl (C=O) groups excluding carboxylic acids is 1. The largest absolute Gasteiger partial charge is 0.393 e. The van der Waals surface area contributed by atoms with Gasteiger partial charge in [-0.3, -0.25) is 4.79 Å². The van der Waals surface area contributed by atoms with Crippen LogP contribution in [-0.2, 0) is 4.79 Å². The zero-order chi connectivity index (χ0) is 15.7. The summed E-state index contributed by atoms with van der Waals surface area (Å²) in [5, 5.41) is 10.5. The van der Waals surface area contributed by atoms with Crippen LogP contribution in [0.2, 0.25) is 0 Å². The zero-order valence-corrected chi connectivity index (χ0v) is 14.5. The number of ketones is 1. The van der Waals surface area contributed by atoms with Crippen molar-refractivity contribution in [2.75, 3.05) is 0 Å². The highest BCUT2D eigenvalue weighted by Gasteiger charge is 2.60. The van der Waals surface area contributed by atoms with E-state index in [0.29, 0.717) is 17.1 Å². The first-order valence-corrected chi connectivity index (χ1v) is 9.58. The van der Waals surface area contributed by atoms with Crippen molar-refractivity contribution in [1.82, 2.24) is 0 Å². The van der Waals surface area contributed by atoms with E-state index in [-0.39, 0.29) is 17.4 Å². The average molecular weight is 304 g/mol. The molecule has 8 atom stereocenters. The molecular weight excluding hydrogens is 272 g/mol. The second kappa shape index (κ2) is 4.82. The summed E-state index contributed by atoms with van der Waals surface area (Å²) in [6.45, 7) is 7.05. The van der Waals surface area contributed by atoms with Crippen molar-refractivity contribution in [2.24, 2.45) is 40.4 Å². The lowest BCUT2D eigenvalue weighted by molar-refractivity contribution is -0.152. The number of rotatable bonds is 0. The molecule has 0 aromatic carbocycles. The lowest BCUT2D eigenvalue weighted by atomic mass is 9.44. The van der Waals surface area contributed by atoms with Crippen molar-refractivity contribution >= 4 is 5.78 Å². The maximum absolute atomic E-state index is 12.2. The van der Waals surface area contributed by atoms with Crippen molar-refractivity contribution in [3.8, 4) is 0 Å². The van der Waals surface area contributed by atoms with Crippen molar-refractivity contribution < 1.29 is 9.90 Å². The molecule has 1 unspecified atom stereocenters. The lowest BCUT2D eigenvalue weighted by Gasteiger charge is -2.61. The lowest BCUT2D eigenvalue weighted by Crippen LogP contribution is -2.55. The van der Waals surface area contributed by atoms with Crippen LogP contribution in [0.4, 0.5) is 0 Å². The predicted molar refractivity (Wildman–Crippen MR) is 87.3 cm³/mol. The van der Waals surface area contributed by atoms with Gasteiger partial charge in [0.1, 0.15) is 5.78 Å². The molecule has 4 aliphatic rings. The molecule has 22 heavy (non-hydrogen) atoms. The molecule has 1 N–H and O–H groups in total. The van der Waals surface area contributed by atoms with Crippen molar-refractivity contribution in [2.45, 2.75) is 78.2 Å². The smallest absolute Gasteiger partial charge is 0.136 e. The van der Waals surface area contributed by atoms with Gasteiger partial charge in [0.05, 0.1) is 6.10 Å². The van der Waals surface area contributed by atoms with Gasteiger partial charge in [-0.15, -0.1) is 0 Å². The Morgan fingerprint density at radius 1 is 0.909 bits per heavy atom. The van der Waals surface area contributed by atoms with Crippen molar-refractivity contribution in [3.63, 3.8) is 0 Å². The van der Waals surface area contributed by atoms with Gasteiger partial charge < -0.3 is 5.11 Å². The molecule has 0 spiro atoms. The highest BCUT2D eigenvalue weighted by atomic mass is 16.3. The molecule has 4 rings (SSSR count). The van der Waals surface area contributed by atoms with Gasteiger partial charge in [0.15, 0.2) is 0 Å². The van der Waals surface area contributed by atoms with E-state index in [4.69, 9.17) is 0 Å².